The van der Waals surface area contributed by atoms with E-state index in [1.807, 2.05) is 20.8 Å². The molecule has 1 amide bonds. The number of aromatic nitrogens is 1. The quantitative estimate of drug-likeness (QED) is 0.856. The number of piperidine rings is 1. The third-order valence-electron chi connectivity index (χ3n) is 3.54. The Morgan fingerprint density at radius 1 is 1.48 bits per heavy atom. The van der Waals surface area contributed by atoms with Gasteiger partial charge in [0.15, 0.2) is 0 Å². The van der Waals surface area contributed by atoms with Crippen molar-refractivity contribution in [3.05, 3.63) is 23.9 Å². The van der Waals surface area contributed by atoms with Crippen molar-refractivity contribution in [2.75, 3.05) is 13.2 Å². The highest BCUT2D eigenvalue weighted by Gasteiger charge is 2.30. The number of hydrogen-bond acceptors (Lipinski definition) is 5. The lowest BCUT2D eigenvalue weighted by atomic mass is 10.0. The number of pyridine rings is 1. The summed E-state index contributed by atoms with van der Waals surface area (Å²) >= 11 is 0. The van der Waals surface area contributed by atoms with Crippen LogP contribution in [-0.2, 0) is 4.74 Å². The van der Waals surface area contributed by atoms with Gasteiger partial charge in [0.05, 0.1) is 17.7 Å². The molecule has 1 aliphatic rings. The predicted molar refractivity (Wildman–Crippen MR) is 85.0 cm³/mol. The van der Waals surface area contributed by atoms with Crippen LogP contribution in [0.4, 0.5) is 4.79 Å². The van der Waals surface area contributed by atoms with Gasteiger partial charge in [0.25, 0.3) is 0 Å². The Hall–Kier alpha value is -2.29. The van der Waals surface area contributed by atoms with Crippen molar-refractivity contribution in [1.29, 1.82) is 5.26 Å². The van der Waals surface area contributed by atoms with Crippen LogP contribution in [0.2, 0.25) is 0 Å². The van der Waals surface area contributed by atoms with Crippen molar-refractivity contribution in [3.8, 4) is 11.9 Å². The topological polar surface area (TPSA) is 75.4 Å². The maximum atomic E-state index is 12.3. The highest BCUT2D eigenvalue weighted by atomic mass is 16.6. The van der Waals surface area contributed by atoms with E-state index in [4.69, 9.17) is 14.7 Å². The summed E-state index contributed by atoms with van der Waals surface area (Å²) in [6.45, 7) is 6.60. The molecule has 124 valence electrons. The number of rotatable bonds is 3. The van der Waals surface area contributed by atoms with E-state index in [-0.39, 0.29) is 12.1 Å². The zero-order chi connectivity index (χ0) is 16.9. The van der Waals surface area contributed by atoms with Crippen LogP contribution < -0.4 is 4.74 Å². The van der Waals surface area contributed by atoms with Crippen molar-refractivity contribution in [2.24, 2.45) is 0 Å². The lowest BCUT2D eigenvalue weighted by Gasteiger charge is -2.36. The first-order valence-corrected chi connectivity index (χ1v) is 7.87. The van der Waals surface area contributed by atoms with E-state index in [0.29, 0.717) is 24.6 Å². The summed E-state index contributed by atoms with van der Waals surface area (Å²) in [5, 5.41) is 8.90. The average Bonchev–Trinajstić information content (AvgIpc) is 2.52. The second-order valence-electron chi connectivity index (χ2n) is 6.63. The van der Waals surface area contributed by atoms with Gasteiger partial charge in [-0.2, -0.15) is 5.26 Å². The maximum Gasteiger partial charge on any atom is 0.410 e. The fraction of sp³-hybridized carbons (Fsp3) is 0.588. The van der Waals surface area contributed by atoms with Gasteiger partial charge in [0.1, 0.15) is 12.2 Å². The molecule has 2 heterocycles. The Bertz CT molecular complexity index is 589. The number of amides is 1. The van der Waals surface area contributed by atoms with Gasteiger partial charge in [-0.15, -0.1) is 0 Å². The van der Waals surface area contributed by atoms with Gasteiger partial charge in [-0.05, 0) is 46.1 Å². The zero-order valence-corrected chi connectivity index (χ0v) is 13.9. The Labute approximate surface area is 137 Å². The molecule has 0 radical (unpaired) electrons. The third kappa shape index (κ3) is 5.13. The molecule has 1 aromatic heterocycles. The first kappa shape index (κ1) is 17.1. The molecule has 0 unspecified atom stereocenters. The van der Waals surface area contributed by atoms with Gasteiger partial charge in [-0.1, -0.05) is 0 Å². The van der Waals surface area contributed by atoms with Crippen LogP contribution in [0.25, 0.3) is 0 Å². The fourth-order valence-electron chi connectivity index (χ4n) is 2.47. The molecule has 6 heteroatoms. The minimum Gasteiger partial charge on any atom is -0.475 e. The van der Waals surface area contributed by atoms with E-state index in [1.165, 1.54) is 0 Å². The van der Waals surface area contributed by atoms with Crippen LogP contribution in [0.5, 0.6) is 5.88 Å². The summed E-state index contributed by atoms with van der Waals surface area (Å²) in [6.07, 6.45) is 4.14. The summed E-state index contributed by atoms with van der Waals surface area (Å²) < 4.78 is 11.2. The molecule has 1 atom stereocenters. The monoisotopic (exact) mass is 317 g/mol. The molecule has 23 heavy (non-hydrogen) atoms. The van der Waals surface area contributed by atoms with Crippen LogP contribution in [0.1, 0.15) is 45.6 Å². The molecule has 0 spiro atoms. The number of likely N-dealkylation sites (tertiary alicyclic amines) is 1. The average molecular weight is 317 g/mol. The van der Waals surface area contributed by atoms with Crippen molar-refractivity contribution >= 4 is 6.09 Å². The molecule has 1 aromatic rings. The molecule has 0 N–H and O–H groups in total. The molecule has 1 fully saturated rings. The first-order chi connectivity index (χ1) is 10.9. The zero-order valence-electron chi connectivity index (χ0n) is 13.9. The molecule has 2 rings (SSSR count). The van der Waals surface area contributed by atoms with Crippen LogP contribution in [-0.4, -0.2) is 40.8 Å². The van der Waals surface area contributed by atoms with Crippen molar-refractivity contribution in [3.63, 3.8) is 0 Å². The predicted octanol–water partition coefficient (Wildman–Crippen LogP) is 3.12. The summed E-state index contributed by atoms with van der Waals surface area (Å²) in [5.74, 6) is 0.402. The van der Waals surface area contributed by atoms with E-state index in [0.717, 1.165) is 19.3 Å². The lowest BCUT2D eigenvalue weighted by molar-refractivity contribution is 0.00335. The maximum absolute atomic E-state index is 12.3. The largest absolute Gasteiger partial charge is 0.475 e. The SMILES string of the molecule is CC(C)(C)OC(=O)N1CCCC[C@@H]1COc1cc(C#N)ccn1. The molecule has 1 aliphatic heterocycles. The van der Waals surface area contributed by atoms with Crippen LogP contribution in [0, 0.1) is 11.3 Å². The second kappa shape index (κ2) is 7.32. The standard InChI is InChI=1S/C17H23N3O3/c1-17(2,3)23-16(21)20-9-5-4-6-14(20)12-22-15-10-13(11-18)7-8-19-15/h7-8,10,14H,4-6,9,12H2,1-3H3/t14-/m1/s1. The second-order valence-corrected chi connectivity index (χ2v) is 6.63. The van der Waals surface area contributed by atoms with E-state index in [2.05, 4.69) is 11.1 Å². The summed E-state index contributed by atoms with van der Waals surface area (Å²) in [5.41, 5.74) is -0.00884. The Morgan fingerprint density at radius 3 is 2.96 bits per heavy atom. The number of carbonyl (C=O) groups excluding carboxylic acids is 1. The van der Waals surface area contributed by atoms with E-state index in [9.17, 15) is 4.79 Å². The van der Waals surface area contributed by atoms with E-state index < -0.39 is 5.60 Å². The van der Waals surface area contributed by atoms with Gasteiger partial charge in [0.2, 0.25) is 5.88 Å². The number of ether oxygens (including phenoxy) is 2. The van der Waals surface area contributed by atoms with Gasteiger partial charge in [0, 0.05) is 18.8 Å². The summed E-state index contributed by atoms with van der Waals surface area (Å²) in [6, 6.07) is 5.24. The molecule has 0 aliphatic carbocycles. The number of nitriles is 1. The molecule has 0 bridgehead atoms. The first-order valence-electron chi connectivity index (χ1n) is 7.87. The van der Waals surface area contributed by atoms with E-state index in [1.54, 1.807) is 23.2 Å². The normalized spacial score (nSPS) is 18.2. The highest BCUT2D eigenvalue weighted by Crippen LogP contribution is 2.21. The van der Waals surface area contributed by atoms with Gasteiger partial charge < -0.3 is 14.4 Å². The van der Waals surface area contributed by atoms with Crippen molar-refractivity contribution in [2.45, 2.75) is 51.7 Å². The van der Waals surface area contributed by atoms with Crippen LogP contribution in [0.3, 0.4) is 0 Å². The highest BCUT2D eigenvalue weighted by molar-refractivity contribution is 5.68. The molecular weight excluding hydrogens is 294 g/mol. The number of nitrogens with zero attached hydrogens (tertiary/aromatic N) is 3. The molecular formula is C17H23N3O3. The molecule has 0 aromatic carbocycles. The third-order valence-corrected chi connectivity index (χ3v) is 3.54. The van der Waals surface area contributed by atoms with Crippen molar-refractivity contribution < 1.29 is 14.3 Å². The Kier molecular flexibility index (Phi) is 5.43. The van der Waals surface area contributed by atoms with Gasteiger partial charge in [-0.3, -0.25) is 0 Å². The Balaban J connectivity index is 1.98. The van der Waals surface area contributed by atoms with Crippen LogP contribution in [0.15, 0.2) is 18.3 Å². The molecule has 1 saturated heterocycles. The van der Waals surface area contributed by atoms with Gasteiger partial charge >= 0.3 is 6.09 Å². The van der Waals surface area contributed by atoms with Crippen LogP contribution >= 0.6 is 0 Å². The summed E-state index contributed by atoms with van der Waals surface area (Å²) in [4.78, 5) is 18.2. The van der Waals surface area contributed by atoms with E-state index >= 15 is 0 Å². The number of hydrogen-bond donors (Lipinski definition) is 0. The number of carbonyl (C=O) groups is 1. The smallest absolute Gasteiger partial charge is 0.410 e. The van der Waals surface area contributed by atoms with Gasteiger partial charge in [-0.25, -0.2) is 9.78 Å². The van der Waals surface area contributed by atoms with Crippen molar-refractivity contribution in [1.82, 2.24) is 9.88 Å². The molecule has 0 saturated carbocycles. The Morgan fingerprint density at radius 2 is 2.26 bits per heavy atom. The minimum absolute atomic E-state index is 0.0360. The fourth-order valence-corrected chi connectivity index (χ4v) is 2.47. The molecule has 6 nitrogen and oxygen atoms in total. The lowest BCUT2D eigenvalue weighted by Crippen LogP contribution is -2.48. The minimum atomic E-state index is -0.511. The summed E-state index contributed by atoms with van der Waals surface area (Å²) in [7, 11) is 0.